The van der Waals surface area contributed by atoms with Crippen molar-refractivity contribution in [2.75, 3.05) is 19.8 Å². The van der Waals surface area contributed by atoms with Crippen LogP contribution in [0.5, 0.6) is 11.5 Å². The Morgan fingerprint density at radius 2 is 1.73 bits per heavy atom. The van der Waals surface area contributed by atoms with Gasteiger partial charge in [-0.25, -0.2) is 4.79 Å². The number of benzene rings is 2. The van der Waals surface area contributed by atoms with Crippen LogP contribution in [0.25, 0.3) is 0 Å². The van der Waals surface area contributed by atoms with E-state index in [1.165, 1.54) is 18.1 Å². The number of amides is 2. The summed E-state index contributed by atoms with van der Waals surface area (Å²) >= 11 is 0. The van der Waals surface area contributed by atoms with Crippen molar-refractivity contribution >= 4 is 11.8 Å². The van der Waals surface area contributed by atoms with Gasteiger partial charge in [0.25, 0.3) is 0 Å². The Labute approximate surface area is 197 Å². The van der Waals surface area contributed by atoms with E-state index >= 15 is 0 Å². The Kier molecular flexibility index (Phi) is 8.01. The molecule has 6 heteroatoms. The van der Waals surface area contributed by atoms with Crippen LogP contribution in [0.15, 0.2) is 30.3 Å². The maximum absolute atomic E-state index is 12.5. The summed E-state index contributed by atoms with van der Waals surface area (Å²) < 4.78 is 11.7. The van der Waals surface area contributed by atoms with Crippen LogP contribution in [0.2, 0.25) is 0 Å². The zero-order valence-electron chi connectivity index (χ0n) is 20.4. The van der Waals surface area contributed by atoms with E-state index in [9.17, 15) is 9.59 Å². The number of ketones is 1. The number of primary amides is 1. The van der Waals surface area contributed by atoms with E-state index in [4.69, 9.17) is 15.2 Å². The zero-order chi connectivity index (χ0) is 24.1. The first-order chi connectivity index (χ1) is 15.8. The fourth-order valence-electron chi connectivity index (χ4n) is 4.95. The van der Waals surface area contributed by atoms with E-state index in [1.807, 2.05) is 33.8 Å². The van der Waals surface area contributed by atoms with Crippen molar-refractivity contribution in [3.05, 3.63) is 58.1 Å². The highest BCUT2D eigenvalue weighted by Crippen LogP contribution is 2.39. The number of rotatable bonds is 10. The highest BCUT2D eigenvalue weighted by atomic mass is 16.5. The molecule has 0 heterocycles. The maximum Gasteiger partial charge on any atom is 0.315 e. The summed E-state index contributed by atoms with van der Waals surface area (Å²) in [5, 5.41) is 0. The van der Waals surface area contributed by atoms with Gasteiger partial charge in [-0.1, -0.05) is 24.3 Å². The Balaban J connectivity index is 1.88. The van der Waals surface area contributed by atoms with Gasteiger partial charge in [-0.3, -0.25) is 4.79 Å². The average Bonchev–Trinajstić information content (AvgIpc) is 3.18. The van der Waals surface area contributed by atoms with Crippen LogP contribution in [0.4, 0.5) is 4.79 Å². The van der Waals surface area contributed by atoms with Crippen LogP contribution in [0.3, 0.4) is 0 Å². The number of Topliss-reactive ketones (excluding diaryl/α,β-unsaturated/α-hetero) is 1. The van der Waals surface area contributed by atoms with Crippen molar-refractivity contribution in [3.63, 3.8) is 0 Å². The van der Waals surface area contributed by atoms with Gasteiger partial charge in [-0.15, -0.1) is 0 Å². The molecule has 0 spiro atoms. The number of carbonyl (C=O) groups is 2. The van der Waals surface area contributed by atoms with Crippen LogP contribution in [0, 0.1) is 12.8 Å². The number of carbonyl (C=O) groups excluding carboxylic acids is 2. The Morgan fingerprint density at radius 3 is 2.24 bits per heavy atom. The third-order valence-corrected chi connectivity index (χ3v) is 6.59. The molecule has 0 bridgehead atoms. The zero-order valence-corrected chi connectivity index (χ0v) is 20.4. The first kappa shape index (κ1) is 24.6. The van der Waals surface area contributed by atoms with Gasteiger partial charge < -0.3 is 20.1 Å². The number of nitrogens with two attached hydrogens (primary N) is 1. The average molecular weight is 453 g/mol. The SMILES string of the molecule is CCOc1cc(C(C)N(CCC2Cc3ccccc3C2)C(N)=O)c(C)c(OCC)c1C(C)=O. The molecule has 33 heavy (non-hydrogen) atoms. The van der Waals surface area contributed by atoms with E-state index in [0.717, 1.165) is 30.4 Å². The van der Waals surface area contributed by atoms with Gasteiger partial charge in [0, 0.05) is 6.54 Å². The largest absolute Gasteiger partial charge is 0.493 e. The summed E-state index contributed by atoms with van der Waals surface area (Å²) in [5.41, 5.74) is 10.8. The summed E-state index contributed by atoms with van der Waals surface area (Å²) in [6, 6.07) is 9.67. The smallest absolute Gasteiger partial charge is 0.315 e. The second-order valence-electron chi connectivity index (χ2n) is 8.75. The van der Waals surface area contributed by atoms with Crippen LogP contribution in [-0.4, -0.2) is 36.5 Å². The number of ether oxygens (including phenoxy) is 2. The molecule has 0 saturated heterocycles. The molecule has 0 aliphatic heterocycles. The molecule has 0 aromatic heterocycles. The minimum Gasteiger partial charge on any atom is -0.493 e. The molecule has 3 rings (SSSR count). The first-order valence-electron chi connectivity index (χ1n) is 11.8. The highest BCUT2D eigenvalue weighted by Gasteiger charge is 2.29. The summed E-state index contributed by atoms with van der Waals surface area (Å²) in [7, 11) is 0. The molecular weight excluding hydrogens is 416 g/mol. The summed E-state index contributed by atoms with van der Waals surface area (Å²) in [6.07, 6.45) is 2.95. The first-order valence-corrected chi connectivity index (χ1v) is 11.8. The van der Waals surface area contributed by atoms with Crippen molar-refractivity contribution in [3.8, 4) is 11.5 Å². The molecule has 2 aromatic rings. The van der Waals surface area contributed by atoms with Crippen molar-refractivity contribution in [2.24, 2.45) is 11.7 Å². The quantitative estimate of drug-likeness (QED) is 0.500. The van der Waals surface area contributed by atoms with Gasteiger partial charge in [0.15, 0.2) is 5.78 Å². The van der Waals surface area contributed by atoms with Gasteiger partial charge >= 0.3 is 6.03 Å². The molecule has 2 amide bonds. The fraction of sp³-hybridized carbons (Fsp3) is 0.481. The van der Waals surface area contributed by atoms with E-state index < -0.39 is 6.03 Å². The molecule has 1 unspecified atom stereocenters. The molecule has 2 aromatic carbocycles. The van der Waals surface area contributed by atoms with Crippen molar-refractivity contribution in [2.45, 2.75) is 59.9 Å². The van der Waals surface area contributed by atoms with Gasteiger partial charge in [-0.05, 0) is 88.1 Å². The number of hydrogen-bond acceptors (Lipinski definition) is 4. The summed E-state index contributed by atoms with van der Waals surface area (Å²) in [4.78, 5) is 26.6. The lowest BCUT2D eigenvalue weighted by atomic mass is 9.94. The highest BCUT2D eigenvalue weighted by molar-refractivity contribution is 6.00. The molecule has 0 fully saturated rings. The molecule has 1 atom stereocenters. The standard InChI is InChI=1S/C27H36N2O4/c1-6-32-24-16-23(17(3)26(33-7-2)25(24)19(5)30)18(4)29(27(28)31)13-12-20-14-21-10-8-9-11-22(21)15-20/h8-11,16,18,20H,6-7,12-15H2,1-5H3,(H2,28,31). The molecule has 6 nitrogen and oxygen atoms in total. The third-order valence-electron chi connectivity index (χ3n) is 6.59. The fourth-order valence-corrected chi connectivity index (χ4v) is 4.95. The summed E-state index contributed by atoms with van der Waals surface area (Å²) in [6.45, 7) is 10.6. The van der Waals surface area contributed by atoms with Gasteiger partial charge in [0.05, 0.1) is 19.3 Å². The van der Waals surface area contributed by atoms with Crippen LogP contribution >= 0.6 is 0 Å². The number of fused-ring (bicyclic) bond motifs is 1. The minimum atomic E-state index is -0.455. The van der Waals surface area contributed by atoms with Gasteiger partial charge in [0.1, 0.15) is 17.1 Å². The van der Waals surface area contributed by atoms with Gasteiger partial charge in [-0.2, -0.15) is 0 Å². The molecule has 178 valence electrons. The number of hydrogen-bond donors (Lipinski definition) is 1. The maximum atomic E-state index is 12.5. The lowest BCUT2D eigenvalue weighted by Crippen LogP contribution is -2.39. The normalized spacial score (nSPS) is 14.0. The summed E-state index contributed by atoms with van der Waals surface area (Å²) in [5.74, 6) is 1.39. The van der Waals surface area contributed by atoms with Crippen molar-refractivity contribution in [1.82, 2.24) is 4.90 Å². The number of nitrogens with zero attached hydrogens (tertiary/aromatic N) is 1. The Bertz CT molecular complexity index is 992. The van der Waals surface area contributed by atoms with Crippen LogP contribution < -0.4 is 15.2 Å². The van der Waals surface area contributed by atoms with Crippen LogP contribution in [0.1, 0.15) is 72.8 Å². The Hall–Kier alpha value is -3.02. The molecular formula is C27H36N2O4. The second kappa shape index (κ2) is 10.7. The van der Waals surface area contributed by atoms with Gasteiger partial charge in [0.2, 0.25) is 0 Å². The molecule has 2 N–H and O–H groups in total. The van der Waals surface area contributed by atoms with E-state index in [0.29, 0.717) is 42.7 Å². The number of urea groups is 1. The van der Waals surface area contributed by atoms with E-state index in [1.54, 1.807) is 4.90 Å². The van der Waals surface area contributed by atoms with E-state index in [-0.39, 0.29) is 11.8 Å². The molecule has 0 saturated carbocycles. The molecule has 1 aliphatic carbocycles. The molecule has 1 aliphatic rings. The lowest BCUT2D eigenvalue weighted by Gasteiger charge is -2.31. The minimum absolute atomic E-state index is 0.114. The topological polar surface area (TPSA) is 81.9 Å². The third kappa shape index (κ3) is 5.32. The van der Waals surface area contributed by atoms with Crippen molar-refractivity contribution < 1.29 is 19.1 Å². The second-order valence-corrected chi connectivity index (χ2v) is 8.75. The predicted octanol–water partition coefficient (Wildman–Crippen LogP) is 5.24. The lowest BCUT2D eigenvalue weighted by molar-refractivity contribution is 0.100. The predicted molar refractivity (Wildman–Crippen MR) is 130 cm³/mol. The Morgan fingerprint density at radius 1 is 1.12 bits per heavy atom. The van der Waals surface area contributed by atoms with E-state index in [2.05, 4.69) is 24.3 Å². The molecule has 0 radical (unpaired) electrons. The van der Waals surface area contributed by atoms with Crippen LogP contribution in [-0.2, 0) is 12.8 Å². The monoisotopic (exact) mass is 452 g/mol. The van der Waals surface area contributed by atoms with Crippen molar-refractivity contribution in [1.29, 1.82) is 0 Å².